The number of hydrogen-bond acceptors (Lipinski definition) is 2. The molecule has 3 heteroatoms. The van der Waals surface area contributed by atoms with Gasteiger partial charge in [0.1, 0.15) is 11.3 Å². The van der Waals surface area contributed by atoms with Gasteiger partial charge in [0, 0.05) is 11.1 Å². The third-order valence-electron chi connectivity index (χ3n) is 3.51. The highest BCUT2D eigenvalue weighted by molar-refractivity contribution is 5.77. The second kappa shape index (κ2) is 3.99. The van der Waals surface area contributed by atoms with Gasteiger partial charge in [0.2, 0.25) is 0 Å². The van der Waals surface area contributed by atoms with Crippen LogP contribution in [0.2, 0.25) is 0 Å². The number of nitrogens with zero attached hydrogens (tertiary/aromatic N) is 2. The average molecular weight is 230 g/mol. The molecule has 0 saturated heterocycles. The van der Waals surface area contributed by atoms with Crippen molar-refractivity contribution in [3.8, 4) is 0 Å². The maximum Gasteiger partial charge on any atom is 0.168 e. The van der Waals surface area contributed by atoms with E-state index in [1.165, 1.54) is 0 Å². The Labute approximate surface area is 101 Å². The zero-order valence-electron chi connectivity index (χ0n) is 10.8. The van der Waals surface area contributed by atoms with Gasteiger partial charge < -0.3 is 0 Å². The number of carbonyl (C=O) groups is 1. The van der Waals surface area contributed by atoms with Gasteiger partial charge in [-0.15, -0.1) is 0 Å². The molecule has 0 unspecified atom stereocenters. The van der Waals surface area contributed by atoms with Crippen LogP contribution in [-0.4, -0.2) is 15.7 Å². The van der Waals surface area contributed by atoms with Crippen molar-refractivity contribution in [2.24, 2.45) is 0 Å². The standard InChI is InChI=1S/C14H18N2O/c1-5-14(3,4)13-11(9-17)16-10(2)7-6-8-12(16)15-13/h6-9H,5H2,1-4H3. The van der Waals surface area contributed by atoms with Crippen LogP contribution in [0.1, 0.15) is 49.1 Å². The summed E-state index contributed by atoms with van der Waals surface area (Å²) in [6, 6.07) is 5.90. The predicted molar refractivity (Wildman–Crippen MR) is 68.6 cm³/mol. The molecule has 90 valence electrons. The molecule has 3 nitrogen and oxygen atoms in total. The van der Waals surface area contributed by atoms with E-state index in [1.54, 1.807) is 0 Å². The van der Waals surface area contributed by atoms with Crippen LogP contribution in [0.4, 0.5) is 0 Å². The first kappa shape index (κ1) is 11.8. The Morgan fingerprint density at radius 1 is 1.41 bits per heavy atom. The molecule has 0 aliphatic carbocycles. The topological polar surface area (TPSA) is 34.4 Å². The predicted octanol–water partition coefficient (Wildman–Crippen LogP) is 3.14. The zero-order valence-corrected chi connectivity index (χ0v) is 10.8. The summed E-state index contributed by atoms with van der Waals surface area (Å²) in [6.07, 6.45) is 1.87. The molecule has 0 atom stereocenters. The number of fused-ring (bicyclic) bond motifs is 1. The van der Waals surface area contributed by atoms with Crippen molar-refractivity contribution in [2.45, 2.75) is 39.5 Å². The molecule has 0 bridgehead atoms. The van der Waals surface area contributed by atoms with E-state index in [-0.39, 0.29) is 5.41 Å². The molecular formula is C14H18N2O. The number of rotatable bonds is 3. The van der Waals surface area contributed by atoms with Crippen LogP contribution in [0.15, 0.2) is 18.2 Å². The van der Waals surface area contributed by atoms with Gasteiger partial charge in [-0.25, -0.2) is 4.98 Å². The van der Waals surface area contributed by atoms with Gasteiger partial charge in [-0.3, -0.25) is 9.20 Å². The van der Waals surface area contributed by atoms with E-state index in [2.05, 4.69) is 25.8 Å². The summed E-state index contributed by atoms with van der Waals surface area (Å²) in [6.45, 7) is 8.35. The minimum Gasteiger partial charge on any atom is -0.296 e. The molecule has 2 aromatic heterocycles. The molecule has 0 N–H and O–H groups in total. The summed E-state index contributed by atoms with van der Waals surface area (Å²) in [7, 11) is 0. The molecular weight excluding hydrogens is 212 g/mol. The Hall–Kier alpha value is -1.64. The lowest BCUT2D eigenvalue weighted by molar-refractivity contribution is 0.111. The van der Waals surface area contributed by atoms with Gasteiger partial charge in [0.05, 0.1) is 5.69 Å². The molecule has 0 aliphatic heterocycles. The van der Waals surface area contributed by atoms with Crippen LogP contribution in [0.3, 0.4) is 0 Å². The number of carbonyl (C=O) groups excluding carboxylic acids is 1. The lowest BCUT2D eigenvalue weighted by Gasteiger charge is -2.20. The van der Waals surface area contributed by atoms with Crippen molar-refractivity contribution >= 4 is 11.9 Å². The molecule has 0 aliphatic rings. The molecule has 0 saturated carbocycles. The summed E-state index contributed by atoms with van der Waals surface area (Å²) in [4.78, 5) is 16.0. The van der Waals surface area contributed by atoms with Crippen LogP contribution in [0.25, 0.3) is 5.65 Å². The monoisotopic (exact) mass is 230 g/mol. The van der Waals surface area contributed by atoms with E-state index >= 15 is 0 Å². The first-order valence-electron chi connectivity index (χ1n) is 5.95. The second-order valence-electron chi connectivity index (χ2n) is 5.06. The molecule has 17 heavy (non-hydrogen) atoms. The fraction of sp³-hybridized carbons (Fsp3) is 0.429. The highest BCUT2D eigenvalue weighted by Crippen LogP contribution is 2.29. The Morgan fingerprint density at radius 3 is 2.71 bits per heavy atom. The van der Waals surface area contributed by atoms with Gasteiger partial charge in [-0.2, -0.15) is 0 Å². The number of imidazole rings is 1. The van der Waals surface area contributed by atoms with Gasteiger partial charge in [-0.1, -0.05) is 26.8 Å². The van der Waals surface area contributed by atoms with Gasteiger partial charge in [-0.05, 0) is 25.5 Å². The molecule has 0 fully saturated rings. The number of hydrogen-bond donors (Lipinski definition) is 0. The summed E-state index contributed by atoms with van der Waals surface area (Å²) < 4.78 is 1.93. The summed E-state index contributed by atoms with van der Waals surface area (Å²) in [5.41, 5.74) is 3.39. The number of pyridine rings is 1. The first-order chi connectivity index (χ1) is 8.01. The number of aldehydes is 1. The molecule has 2 heterocycles. The maximum atomic E-state index is 11.4. The van der Waals surface area contributed by atoms with Crippen LogP contribution in [0.5, 0.6) is 0 Å². The normalized spacial score (nSPS) is 12.0. The lowest BCUT2D eigenvalue weighted by Crippen LogP contribution is -2.18. The molecule has 0 aromatic carbocycles. The maximum absolute atomic E-state index is 11.4. The Kier molecular flexibility index (Phi) is 2.77. The molecule has 0 amide bonds. The smallest absolute Gasteiger partial charge is 0.168 e. The summed E-state index contributed by atoms with van der Waals surface area (Å²) in [5, 5.41) is 0. The second-order valence-corrected chi connectivity index (χ2v) is 5.06. The number of aryl methyl sites for hydroxylation is 1. The highest BCUT2D eigenvalue weighted by atomic mass is 16.1. The van der Waals surface area contributed by atoms with Crippen molar-refractivity contribution in [2.75, 3.05) is 0 Å². The average Bonchev–Trinajstić information content (AvgIpc) is 2.69. The van der Waals surface area contributed by atoms with Crippen LogP contribution in [-0.2, 0) is 5.41 Å². The minimum atomic E-state index is -0.0747. The first-order valence-corrected chi connectivity index (χ1v) is 5.95. The third kappa shape index (κ3) is 1.75. The highest BCUT2D eigenvalue weighted by Gasteiger charge is 2.26. The molecule has 2 rings (SSSR count). The number of aromatic nitrogens is 2. The third-order valence-corrected chi connectivity index (χ3v) is 3.51. The summed E-state index contributed by atoms with van der Waals surface area (Å²) in [5.74, 6) is 0. The zero-order chi connectivity index (χ0) is 12.6. The fourth-order valence-corrected chi connectivity index (χ4v) is 2.06. The van der Waals surface area contributed by atoms with Crippen molar-refractivity contribution in [3.05, 3.63) is 35.3 Å². The summed E-state index contributed by atoms with van der Waals surface area (Å²) >= 11 is 0. The van der Waals surface area contributed by atoms with Crippen LogP contribution in [0, 0.1) is 6.92 Å². The lowest BCUT2D eigenvalue weighted by atomic mass is 9.85. The largest absolute Gasteiger partial charge is 0.296 e. The Bertz CT molecular complexity index is 567. The Morgan fingerprint density at radius 2 is 2.12 bits per heavy atom. The van der Waals surface area contributed by atoms with Gasteiger partial charge in [0.15, 0.2) is 6.29 Å². The van der Waals surface area contributed by atoms with E-state index in [1.807, 2.05) is 29.5 Å². The van der Waals surface area contributed by atoms with E-state index in [9.17, 15) is 4.79 Å². The SMILES string of the molecule is CCC(C)(C)c1nc2cccc(C)n2c1C=O. The minimum absolute atomic E-state index is 0.0747. The van der Waals surface area contributed by atoms with Gasteiger partial charge in [0.25, 0.3) is 0 Å². The molecule has 0 radical (unpaired) electrons. The molecule has 2 aromatic rings. The Balaban J connectivity index is 2.82. The van der Waals surface area contributed by atoms with E-state index in [4.69, 9.17) is 0 Å². The fourth-order valence-electron chi connectivity index (χ4n) is 2.06. The van der Waals surface area contributed by atoms with Crippen molar-refractivity contribution in [1.29, 1.82) is 0 Å². The van der Waals surface area contributed by atoms with Gasteiger partial charge >= 0.3 is 0 Å². The quantitative estimate of drug-likeness (QED) is 0.759. The van der Waals surface area contributed by atoms with Crippen molar-refractivity contribution in [3.63, 3.8) is 0 Å². The van der Waals surface area contributed by atoms with Crippen molar-refractivity contribution < 1.29 is 4.79 Å². The molecule has 0 spiro atoms. The van der Waals surface area contributed by atoms with E-state index in [0.29, 0.717) is 5.69 Å². The van der Waals surface area contributed by atoms with E-state index in [0.717, 1.165) is 29.7 Å². The van der Waals surface area contributed by atoms with E-state index < -0.39 is 0 Å². The van der Waals surface area contributed by atoms with Crippen LogP contribution < -0.4 is 0 Å². The van der Waals surface area contributed by atoms with Crippen molar-refractivity contribution in [1.82, 2.24) is 9.38 Å². The van der Waals surface area contributed by atoms with Crippen LogP contribution >= 0.6 is 0 Å².